The van der Waals surface area contributed by atoms with Crippen molar-refractivity contribution >= 4 is 11.6 Å². The normalized spacial score (nSPS) is 24.4. The highest BCUT2D eigenvalue weighted by molar-refractivity contribution is 6.30. The third-order valence-electron chi connectivity index (χ3n) is 3.23. The zero-order chi connectivity index (χ0) is 13.7. The summed E-state index contributed by atoms with van der Waals surface area (Å²) in [6, 6.07) is 7.47. The molecule has 2 N–H and O–H groups in total. The maximum atomic E-state index is 9.87. The maximum Gasteiger partial charge on any atom is 0.120 e. The van der Waals surface area contributed by atoms with Gasteiger partial charge in [-0.2, -0.15) is 0 Å². The van der Waals surface area contributed by atoms with E-state index in [4.69, 9.17) is 21.1 Å². The summed E-state index contributed by atoms with van der Waals surface area (Å²) in [4.78, 5) is 0. The minimum Gasteiger partial charge on any atom is -0.491 e. The lowest BCUT2D eigenvalue weighted by atomic mass is 10.1. The van der Waals surface area contributed by atoms with Gasteiger partial charge in [-0.3, -0.25) is 0 Å². The van der Waals surface area contributed by atoms with Crippen molar-refractivity contribution in [2.75, 3.05) is 19.8 Å². The van der Waals surface area contributed by atoms with Crippen LogP contribution in [0.25, 0.3) is 0 Å². The summed E-state index contributed by atoms with van der Waals surface area (Å²) in [5.74, 6) is 0.670. The summed E-state index contributed by atoms with van der Waals surface area (Å²) >= 11 is 5.85. The molecule has 106 valence electrons. The molecule has 1 heterocycles. The number of aliphatic hydroxyl groups excluding tert-OH is 1. The molecule has 0 bridgehead atoms. The van der Waals surface area contributed by atoms with Crippen molar-refractivity contribution in [3.05, 3.63) is 29.3 Å². The zero-order valence-corrected chi connectivity index (χ0v) is 11.8. The third-order valence-corrected chi connectivity index (χ3v) is 3.47. The first-order valence-electron chi connectivity index (χ1n) is 6.56. The predicted molar refractivity (Wildman–Crippen MR) is 74.8 cm³/mol. The molecule has 1 aliphatic heterocycles. The van der Waals surface area contributed by atoms with Crippen LogP contribution < -0.4 is 10.1 Å². The van der Waals surface area contributed by atoms with Crippen LogP contribution >= 0.6 is 11.6 Å². The molecule has 1 aromatic rings. The summed E-state index contributed by atoms with van der Waals surface area (Å²) in [5, 5.41) is 13.8. The highest BCUT2D eigenvalue weighted by Gasteiger charge is 2.24. The zero-order valence-electron chi connectivity index (χ0n) is 11.0. The summed E-state index contributed by atoms with van der Waals surface area (Å²) in [7, 11) is 0. The second kappa shape index (κ2) is 7.10. The lowest BCUT2D eigenvalue weighted by Gasteiger charge is -2.19. The average molecular weight is 286 g/mol. The molecule has 0 aliphatic carbocycles. The van der Waals surface area contributed by atoms with Crippen molar-refractivity contribution in [3.63, 3.8) is 0 Å². The van der Waals surface area contributed by atoms with Gasteiger partial charge in [-0.1, -0.05) is 17.7 Å². The molecule has 1 saturated heterocycles. The van der Waals surface area contributed by atoms with Crippen molar-refractivity contribution in [1.82, 2.24) is 5.32 Å². The van der Waals surface area contributed by atoms with Crippen molar-refractivity contribution in [2.45, 2.75) is 31.6 Å². The minimum absolute atomic E-state index is 0.209. The molecule has 19 heavy (non-hydrogen) atoms. The van der Waals surface area contributed by atoms with Gasteiger partial charge in [0.05, 0.1) is 6.10 Å². The molecular formula is C14H20ClNO3. The molecule has 0 amide bonds. The molecule has 0 aromatic heterocycles. The monoisotopic (exact) mass is 285 g/mol. The molecule has 0 spiro atoms. The lowest BCUT2D eigenvalue weighted by Crippen LogP contribution is -2.41. The minimum atomic E-state index is -0.549. The first-order chi connectivity index (χ1) is 9.15. The summed E-state index contributed by atoms with van der Waals surface area (Å²) in [6.45, 7) is 3.57. The molecule has 1 aliphatic rings. The van der Waals surface area contributed by atoms with E-state index in [1.54, 1.807) is 12.1 Å². The van der Waals surface area contributed by atoms with Crippen LogP contribution in [0, 0.1) is 0 Å². The van der Waals surface area contributed by atoms with E-state index in [-0.39, 0.29) is 12.7 Å². The number of ether oxygens (including phenoxy) is 2. The first-order valence-corrected chi connectivity index (χ1v) is 6.94. The van der Waals surface area contributed by atoms with E-state index < -0.39 is 6.10 Å². The van der Waals surface area contributed by atoms with Crippen molar-refractivity contribution in [2.24, 2.45) is 0 Å². The van der Waals surface area contributed by atoms with E-state index in [0.717, 1.165) is 13.0 Å². The van der Waals surface area contributed by atoms with Crippen LogP contribution in [0.3, 0.4) is 0 Å². The van der Waals surface area contributed by atoms with Crippen LogP contribution in [-0.4, -0.2) is 43.1 Å². The largest absolute Gasteiger partial charge is 0.491 e. The Balaban J connectivity index is 1.68. The summed E-state index contributed by atoms with van der Waals surface area (Å²) < 4.78 is 10.9. The van der Waals surface area contributed by atoms with Crippen LogP contribution in [-0.2, 0) is 4.74 Å². The predicted octanol–water partition coefficient (Wildman–Crippen LogP) is 1.85. The van der Waals surface area contributed by atoms with Crippen LogP contribution in [0.4, 0.5) is 0 Å². The number of hydrogen-bond donors (Lipinski definition) is 2. The van der Waals surface area contributed by atoms with Crippen LogP contribution in [0.15, 0.2) is 24.3 Å². The van der Waals surface area contributed by atoms with Crippen molar-refractivity contribution < 1.29 is 14.6 Å². The molecular weight excluding hydrogens is 266 g/mol. The van der Waals surface area contributed by atoms with Gasteiger partial charge >= 0.3 is 0 Å². The van der Waals surface area contributed by atoms with Gasteiger partial charge < -0.3 is 19.9 Å². The highest BCUT2D eigenvalue weighted by Crippen LogP contribution is 2.17. The lowest BCUT2D eigenvalue weighted by molar-refractivity contribution is 0.0897. The maximum absolute atomic E-state index is 9.87. The number of nitrogens with one attached hydrogen (secondary N) is 1. The smallest absolute Gasteiger partial charge is 0.120 e. The fraction of sp³-hybridized carbons (Fsp3) is 0.571. The van der Waals surface area contributed by atoms with E-state index in [1.165, 1.54) is 0 Å². The Hall–Kier alpha value is -0.810. The van der Waals surface area contributed by atoms with Gasteiger partial charge in [-0.05, 0) is 31.5 Å². The molecule has 2 rings (SSSR count). The number of halogens is 1. The van der Waals surface area contributed by atoms with E-state index in [2.05, 4.69) is 5.32 Å². The fourth-order valence-electron chi connectivity index (χ4n) is 2.10. The van der Waals surface area contributed by atoms with E-state index in [1.807, 2.05) is 19.1 Å². The Kier molecular flexibility index (Phi) is 5.45. The quantitative estimate of drug-likeness (QED) is 0.837. The number of aliphatic hydroxyl groups is 1. The van der Waals surface area contributed by atoms with E-state index in [9.17, 15) is 5.11 Å². The molecule has 3 atom stereocenters. The van der Waals surface area contributed by atoms with Gasteiger partial charge in [0.15, 0.2) is 0 Å². The molecule has 3 unspecified atom stereocenters. The van der Waals surface area contributed by atoms with Crippen LogP contribution in [0.5, 0.6) is 5.75 Å². The SMILES string of the molecule is CC1OCCC1NCC(O)COc1cccc(Cl)c1. The second-order valence-electron chi connectivity index (χ2n) is 4.80. The number of hydrogen-bond acceptors (Lipinski definition) is 4. The Labute approximate surface area is 118 Å². The van der Waals surface area contributed by atoms with Gasteiger partial charge in [0.2, 0.25) is 0 Å². The highest BCUT2D eigenvalue weighted by atomic mass is 35.5. The number of benzene rings is 1. The molecule has 1 aromatic carbocycles. The molecule has 0 saturated carbocycles. The van der Waals surface area contributed by atoms with Crippen LogP contribution in [0.1, 0.15) is 13.3 Å². The van der Waals surface area contributed by atoms with Crippen molar-refractivity contribution in [3.8, 4) is 5.75 Å². The van der Waals surface area contributed by atoms with Gasteiger partial charge in [-0.25, -0.2) is 0 Å². The average Bonchev–Trinajstić information content (AvgIpc) is 2.80. The fourth-order valence-corrected chi connectivity index (χ4v) is 2.28. The van der Waals surface area contributed by atoms with Crippen molar-refractivity contribution in [1.29, 1.82) is 0 Å². The Morgan fingerprint density at radius 1 is 1.58 bits per heavy atom. The Bertz CT molecular complexity index is 402. The van der Waals surface area contributed by atoms with Crippen LogP contribution in [0.2, 0.25) is 5.02 Å². The Morgan fingerprint density at radius 3 is 3.11 bits per heavy atom. The van der Waals surface area contributed by atoms with Gasteiger partial charge in [0.25, 0.3) is 0 Å². The summed E-state index contributed by atoms with van der Waals surface area (Å²) in [5.41, 5.74) is 0. The van der Waals surface area contributed by atoms with E-state index >= 15 is 0 Å². The van der Waals surface area contributed by atoms with Gasteiger partial charge in [-0.15, -0.1) is 0 Å². The second-order valence-corrected chi connectivity index (χ2v) is 5.24. The standard InChI is InChI=1S/C14H20ClNO3/c1-10-14(5-6-18-10)16-8-12(17)9-19-13-4-2-3-11(15)7-13/h2-4,7,10,12,14,16-17H,5-6,8-9H2,1H3. The summed E-state index contributed by atoms with van der Waals surface area (Å²) in [6.07, 6.45) is 0.649. The molecule has 1 fully saturated rings. The van der Waals surface area contributed by atoms with Gasteiger partial charge in [0.1, 0.15) is 18.5 Å². The Morgan fingerprint density at radius 2 is 2.42 bits per heavy atom. The first kappa shape index (κ1) is 14.6. The molecule has 4 nitrogen and oxygen atoms in total. The number of rotatable bonds is 6. The molecule has 5 heteroatoms. The van der Waals surface area contributed by atoms with Gasteiger partial charge in [0, 0.05) is 24.2 Å². The topological polar surface area (TPSA) is 50.7 Å². The third kappa shape index (κ3) is 4.66. The van der Waals surface area contributed by atoms with E-state index in [0.29, 0.717) is 23.4 Å². The molecule has 0 radical (unpaired) electrons.